The summed E-state index contributed by atoms with van der Waals surface area (Å²) in [6.45, 7) is 2.09. The first-order valence-corrected chi connectivity index (χ1v) is 8.78. The predicted octanol–water partition coefficient (Wildman–Crippen LogP) is 5.24. The Kier molecular flexibility index (Phi) is 5.77. The van der Waals surface area contributed by atoms with Gasteiger partial charge >= 0.3 is 0 Å². The van der Waals surface area contributed by atoms with Crippen molar-refractivity contribution in [1.29, 1.82) is 0 Å². The number of ketones is 1. The van der Waals surface area contributed by atoms with Crippen molar-refractivity contribution >= 4 is 17.2 Å². The van der Waals surface area contributed by atoms with Crippen LogP contribution in [0.2, 0.25) is 0 Å². The first-order valence-electron chi connectivity index (χ1n) is 8.78. The molecule has 0 fully saturated rings. The van der Waals surface area contributed by atoms with Crippen LogP contribution in [0.5, 0.6) is 11.5 Å². The molecule has 0 N–H and O–H groups in total. The summed E-state index contributed by atoms with van der Waals surface area (Å²) < 4.78 is 11.1. The van der Waals surface area contributed by atoms with Crippen LogP contribution in [-0.4, -0.2) is 19.9 Å². The smallest absolute Gasteiger partial charge is 0.162 e. The van der Waals surface area contributed by atoms with Gasteiger partial charge < -0.3 is 14.4 Å². The zero-order valence-electron chi connectivity index (χ0n) is 15.8. The van der Waals surface area contributed by atoms with Crippen molar-refractivity contribution in [2.24, 2.45) is 0 Å². The van der Waals surface area contributed by atoms with Gasteiger partial charge in [0.05, 0.1) is 12.8 Å². The van der Waals surface area contributed by atoms with Crippen LogP contribution in [0.3, 0.4) is 0 Å². The molecule has 0 aliphatic heterocycles. The molecule has 0 aliphatic rings. The molecule has 0 amide bonds. The average Bonchev–Trinajstić information content (AvgIpc) is 2.72. The molecule has 0 aromatic heterocycles. The number of benzene rings is 3. The lowest BCUT2D eigenvalue weighted by Crippen LogP contribution is -2.13. The first kappa shape index (κ1) is 18.5. The standard InChI is InChI=1S/C23H23NO3/c1-17(25)22-15-21(26-3)13-14-23(22)24(2)19-9-11-20(12-10-19)27-16-18-7-5-4-6-8-18/h4-15H,16H2,1-3H3. The van der Waals surface area contributed by atoms with E-state index in [1.807, 2.05) is 78.7 Å². The number of carbonyl (C=O) groups is 1. The molecular formula is C23H23NO3. The van der Waals surface area contributed by atoms with Gasteiger partial charge in [-0.2, -0.15) is 0 Å². The zero-order chi connectivity index (χ0) is 19.2. The third-order valence-electron chi connectivity index (χ3n) is 4.42. The highest BCUT2D eigenvalue weighted by Crippen LogP contribution is 2.31. The Bertz CT molecular complexity index is 905. The number of hydrogen-bond donors (Lipinski definition) is 0. The maximum atomic E-state index is 12.0. The summed E-state index contributed by atoms with van der Waals surface area (Å²) in [7, 11) is 3.53. The molecule has 0 bridgehead atoms. The zero-order valence-corrected chi connectivity index (χ0v) is 15.8. The summed E-state index contributed by atoms with van der Waals surface area (Å²) in [5.74, 6) is 1.47. The van der Waals surface area contributed by atoms with E-state index in [9.17, 15) is 4.79 Å². The van der Waals surface area contributed by atoms with Crippen molar-refractivity contribution in [3.8, 4) is 11.5 Å². The monoisotopic (exact) mass is 361 g/mol. The van der Waals surface area contributed by atoms with Crippen LogP contribution in [0.1, 0.15) is 22.8 Å². The minimum absolute atomic E-state index is 0.00133. The van der Waals surface area contributed by atoms with E-state index >= 15 is 0 Å². The van der Waals surface area contributed by atoms with Crippen molar-refractivity contribution < 1.29 is 14.3 Å². The van der Waals surface area contributed by atoms with Gasteiger partial charge in [0.15, 0.2) is 5.78 Å². The van der Waals surface area contributed by atoms with Gasteiger partial charge in [-0.3, -0.25) is 4.79 Å². The Hall–Kier alpha value is -3.27. The Morgan fingerprint density at radius 3 is 2.22 bits per heavy atom. The maximum Gasteiger partial charge on any atom is 0.162 e. The van der Waals surface area contributed by atoms with Crippen LogP contribution in [0.25, 0.3) is 0 Å². The summed E-state index contributed by atoms with van der Waals surface area (Å²) in [5, 5.41) is 0. The highest BCUT2D eigenvalue weighted by Gasteiger charge is 2.14. The number of carbonyl (C=O) groups excluding carboxylic acids is 1. The SMILES string of the molecule is COc1ccc(N(C)c2ccc(OCc3ccccc3)cc2)c(C(C)=O)c1. The topological polar surface area (TPSA) is 38.8 Å². The van der Waals surface area contributed by atoms with Crippen molar-refractivity contribution in [2.75, 3.05) is 19.1 Å². The highest BCUT2D eigenvalue weighted by molar-refractivity contribution is 6.01. The van der Waals surface area contributed by atoms with Crippen LogP contribution < -0.4 is 14.4 Å². The van der Waals surface area contributed by atoms with Gasteiger partial charge in [0.1, 0.15) is 18.1 Å². The second-order valence-electron chi connectivity index (χ2n) is 6.27. The molecule has 27 heavy (non-hydrogen) atoms. The second kappa shape index (κ2) is 8.41. The predicted molar refractivity (Wildman–Crippen MR) is 108 cm³/mol. The van der Waals surface area contributed by atoms with Gasteiger partial charge in [-0.15, -0.1) is 0 Å². The molecule has 0 heterocycles. The Morgan fingerprint density at radius 2 is 1.59 bits per heavy atom. The third-order valence-corrected chi connectivity index (χ3v) is 4.42. The minimum Gasteiger partial charge on any atom is -0.497 e. The molecule has 0 atom stereocenters. The number of rotatable bonds is 7. The molecule has 4 nitrogen and oxygen atoms in total. The van der Waals surface area contributed by atoms with E-state index in [2.05, 4.69) is 0 Å². The van der Waals surface area contributed by atoms with Gasteiger partial charge in [-0.05, 0) is 55.0 Å². The van der Waals surface area contributed by atoms with Crippen LogP contribution in [0.4, 0.5) is 11.4 Å². The molecule has 3 aromatic carbocycles. The van der Waals surface area contributed by atoms with Gasteiger partial charge in [0.25, 0.3) is 0 Å². The largest absolute Gasteiger partial charge is 0.497 e. The molecule has 4 heteroatoms. The van der Waals surface area contributed by atoms with Gasteiger partial charge in [-0.1, -0.05) is 30.3 Å². The van der Waals surface area contributed by atoms with E-state index in [4.69, 9.17) is 9.47 Å². The van der Waals surface area contributed by atoms with Crippen LogP contribution in [0, 0.1) is 0 Å². The van der Waals surface area contributed by atoms with Crippen LogP contribution in [0.15, 0.2) is 72.8 Å². The molecule has 0 aliphatic carbocycles. The molecule has 0 unspecified atom stereocenters. The Labute approximate surface area is 160 Å². The summed E-state index contributed by atoms with van der Waals surface area (Å²) in [6.07, 6.45) is 0. The van der Waals surface area contributed by atoms with Crippen LogP contribution in [-0.2, 0) is 6.61 Å². The summed E-state index contributed by atoms with van der Waals surface area (Å²) in [4.78, 5) is 14.0. The number of hydrogen-bond acceptors (Lipinski definition) is 4. The fraction of sp³-hybridized carbons (Fsp3) is 0.174. The van der Waals surface area contributed by atoms with Crippen molar-refractivity contribution in [1.82, 2.24) is 0 Å². The molecular weight excluding hydrogens is 338 g/mol. The van der Waals surface area contributed by atoms with Crippen LogP contribution >= 0.6 is 0 Å². The molecule has 0 saturated carbocycles. The molecule has 138 valence electrons. The highest BCUT2D eigenvalue weighted by atomic mass is 16.5. The molecule has 3 aromatic rings. The lowest BCUT2D eigenvalue weighted by atomic mass is 10.1. The Morgan fingerprint density at radius 1 is 0.926 bits per heavy atom. The van der Waals surface area contributed by atoms with Gasteiger partial charge in [0, 0.05) is 18.3 Å². The fourth-order valence-electron chi connectivity index (χ4n) is 2.86. The number of ether oxygens (including phenoxy) is 2. The number of nitrogens with zero attached hydrogens (tertiary/aromatic N) is 1. The molecule has 0 spiro atoms. The number of Topliss-reactive ketones (excluding diaryl/α,β-unsaturated/α-hetero) is 1. The normalized spacial score (nSPS) is 10.3. The fourth-order valence-corrected chi connectivity index (χ4v) is 2.86. The lowest BCUT2D eigenvalue weighted by molar-refractivity contribution is 0.101. The summed E-state index contributed by atoms with van der Waals surface area (Å²) >= 11 is 0. The maximum absolute atomic E-state index is 12.0. The summed E-state index contributed by atoms with van der Waals surface area (Å²) in [5.41, 5.74) is 3.56. The van der Waals surface area contributed by atoms with E-state index in [1.54, 1.807) is 20.1 Å². The average molecular weight is 361 g/mol. The second-order valence-corrected chi connectivity index (χ2v) is 6.27. The van der Waals surface area contributed by atoms with Crippen molar-refractivity contribution in [2.45, 2.75) is 13.5 Å². The van der Waals surface area contributed by atoms with E-state index < -0.39 is 0 Å². The minimum atomic E-state index is -0.00133. The summed E-state index contributed by atoms with van der Waals surface area (Å²) in [6, 6.07) is 23.4. The Balaban J connectivity index is 1.76. The quantitative estimate of drug-likeness (QED) is 0.539. The van der Waals surface area contributed by atoms with E-state index in [-0.39, 0.29) is 5.78 Å². The number of methoxy groups -OCH3 is 1. The van der Waals surface area contributed by atoms with E-state index in [0.717, 1.165) is 22.7 Å². The third kappa shape index (κ3) is 4.47. The van der Waals surface area contributed by atoms with Gasteiger partial charge in [0.2, 0.25) is 0 Å². The van der Waals surface area contributed by atoms with Crippen molar-refractivity contribution in [3.63, 3.8) is 0 Å². The van der Waals surface area contributed by atoms with E-state index in [1.165, 1.54) is 0 Å². The number of anilines is 2. The molecule has 0 saturated heterocycles. The molecule has 3 rings (SSSR count). The van der Waals surface area contributed by atoms with Crippen molar-refractivity contribution in [3.05, 3.63) is 83.9 Å². The van der Waals surface area contributed by atoms with E-state index in [0.29, 0.717) is 17.9 Å². The first-order chi connectivity index (χ1) is 13.1. The lowest BCUT2D eigenvalue weighted by Gasteiger charge is -2.22. The van der Waals surface area contributed by atoms with Gasteiger partial charge in [-0.25, -0.2) is 0 Å². The molecule has 0 radical (unpaired) electrons.